The van der Waals surface area contributed by atoms with Crippen LogP contribution in [0.5, 0.6) is 5.75 Å². The van der Waals surface area contributed by atoms with Crippen molar-refractivity contribution < 1.29 is 23.8 Å². The van der Waals surface area contributed by atoms with Gasteiger partial charge in [-0.2, -0.15) is 5.10 Å². The average Bonchev–Trinajstić information content (AvgIpc) is 3.62. The van der Waals surface area contributed by atoms with Crippen molar-refractivity contribution in [2.75, 3.05) is 19.7 Å². The Balaban J connectivity index is 1.32. The average molecular weight is 602 g/mol. The topological polar surface area (TPSA) is 106 Å². The van der Waals surface area contributed by atoms with Crippen molar-refractivity contribution in [2.24, 2.45) is 0 Å². The molecule has 2 aromatic heterocycles. The number of carbonyl (C=O) groups excluding carboxylic acids is 1. The summed E-state index contributed by atoms with van der Waals surface area (Å²) in [6, 6.07) is 8.72. The molecule has 0 saturated carbocycles. The van der Waals surface area contributed by atoms with Gasteiger partial charge in [0.05, 0.1) is 5.69 Å². The molecule has 4 aromatic rings. The number of likely N-dealkylation sites (tertiary alicyclic amines) is 1. The van der Waals surface area contributed by atoms with E-state index in [4.69, 9.17) is 19.6 Å². The lowest BCUT2D eigenvalue weighted by atomic mass is 9.96. The van der Waals surface area contributed by atoms with Crippen molar-refractivity contribution >= 4 is 23.1 Å². The number of aromatic amines is 1. The number of ether oxygens (including phenoxy) is 2. The van der Waals surface area contributed by atoms with Crippen LogP contribution in [0.1, 0.15) is 77.3 Å². The molecule has 6 rings (SSSR count). The van der Waals surface area contributed by atoms with E-state index in [0.29, 0.717) is 54.1 Å². The number of benzene rings is 2. The monoisotopic (exact) mass is 601 g/mol. The Kier molecular flexibility index (Phi) is 8.20. The second kappa shape index (κ2) is 12.1. The summed E-state index contributed by atoms with van der Waals surface area (Å²) in [5, 5.41) is 15.6. The Morgan fingerprint density at radius 1 is 1.18 bits per heavy atom. The lowest BCUT2D eigenvalue weighted by Crippen LogP contribution is -2.40. The number of fused-ring (bicyclic) bond motifs is 1. The van der Waals surface area contributed by atoms with Gasteiger partial charge in [-0.05, 0) is 94.7 Å². The predicted molar refractivity (Wildman–Crippen MR) is 168 cm³/mol. The highest BCUT2D eigenvalue weighted by atomic mass is 19.1. The molecular weight excluding hydrogens is 561 g/mol. The smallest absolute Gasteiger partial charge is 0.410 e. The molecule has 2 N–H and O–H groups in total. The van der Waals surface area contributed by atoms with E-state index in [0.717, 1.165) is 48.9 Å². The predicted octanol–water partition coefficient (Wildman–Crippen LogP) is 7.61. The van der Waals surface area contributed by atoms with Crippen LogP contribution < -0.4 is 0 Å². The fourth-order valence-electron chi connectivity index (χ4n) is 6.02. The maximum Gasteiger partial charge on any atom is 0.410 e. The van der Waals surface area contributed by atoms with Gasteiger partial charge in [-0.3, -0.25) is 0 Å². The van der Waals surface area contributed by atoms with Crippen molar-refractivity contribution in [1.82, 2.24) is 24.6 Å². The number of amides is 1. The standard InChI is InChI=1S/C34H40FN5O4/c1-5-22-19-24(41)9-10-25(22)26-11-12-27-30(38-40(31(27)29(26)35)28-8-6-7-17-43-28)32-36-20-23(37-32)18-21-13-15-39(16-14-21)33(42)44-34(2,3)4/h9-12,18-20,28,41H,5-8,13-17H2,1-4H3,(H,36,37). The maximum atomic E-state index is 16.6. The quantitative estimate of drug-likeness (QED) is 0.244. The minimum Gasteiger partial charge on any atom is -0.508 e. The van der Waals surface area contributed by atoms with Gasteiger partial charge in [-0.25, -0.2) is 18.9 Å². The van der Waals surface area contributed by atoms with Crippen molar-refractivity contribution in [1.29, 1.82) is 0 Å². The molecule has 2 aliphatic rings. The summed E-state index contributed by atoms with van der Waals surface area (Å²) < 4.78 is 29.8. The van der Waals surface area contributed by atoms with E-state index in [-0.39, 0.29) is 23.9 Å². The minimum atomic E-state index is -0.520. The number of piperidine rings is 1. The van der Waals surface area contributed by atoms with Crippen LogP contribution in [0.2, 0.25) is 0 Å². The number of nitrogens with zero attached hydrogens (tertiary/aromatic N) is 4. The molecule has 2 fully saturated rings. The van der Waals surface area contributed by atoms with E-state index in [9.17, 15) is 9.90 Å². The zero-order chi connectivity index (χ0) is 31.0. The highest BCUT2D eigenvalue weighted by Crippen LogP contribution is 2.38. The number of hydrogen-bond acceptors (Lipinski definition) is 6. The van der Waals surface area contributed by atoms with Crippen LogP contribution in [-0.4, -0.2) is 61.1 Å². The number of rotatable bonds is 5. The maximum absolute atomic E-state index is 16.6. The second-order valence-corrected chi connectivity index (χ2v) is 12.6. The van der Waals surface area contributed by atoms with E-state index in [1.54, 1.807) is 33.8 Å². The summed E-state index contributed by atoms with van der Waals surface area (Å²) in [6.07, 6.45) is 8.05. The first-order chi connectivity index (χ1) is 21.1. The number of hydrogen-bond donors (Lipinski definition) is 2. The summed E-state index contributed by atoms with van der Waals surface area (Å²) >= 11 is 0. The number of aromatic nitrogens is 4. The molecule has 0 aliphatic carbocycles. The van der Waals surface area contributed by atoms with Gasteiger partial charge in [0.25, 0.3) is 0 Å². The van der Waals surface area contributed by atoms with Gasteiger partial charge in [0.1, 0.15) is 22.6 Å². The first kappa shape index (κ1) is 29.9. The van der Waals surface area contributed by atoms with Gasteiger partial charge in [0, 0.05) is 36.8 Å². The third kappa shape index (κ3) is 6.08. The number of nitrogens with one attached hydrogen (secondary N) is 1. The Morgan fingerprint density at radius 3 is 2.66 bits per heavy atom. The number of imidazole rings is 1. The molecule has 44 heavy (non-hydrogen) atoms. The summed E-state index contributed by atoms with van der Waals surface area (Å²) in [5.74, 6) is 0.335. The van der Waals surface area contributed by atoms with Crippen molar-refractivity contribution in [3.8, 4) is 28.4 Å². The highest BCUT2D eigenvalue weighted by molar-refractivity contribution is 5.95. The van der Waals surface area contributed by atoms with Gasteiger partial charge in [-0.1, -0.05) is 24.6 Å². The fourth-order valence-corrected chi connectivity index (χ4v) is 6.02. The zero-order valence-corrected chi connectivity index (χ0v) is 25.8. The van der Waals surface area contributed by atoms with Crippen LogP contribution in [0.25, 0.3) is 39.6 Å². The summed E-state index contributed by atoms with van der Waals surface area (Å²) in [4.78, 5) is 22.3. The lowest BCUT2D eigenvalue weighted by Gasteiger charge is -2.30. The Hall–Kier alpha value is -4.18. The molecule has 1 unspecified atom stereocenters. The Labute approximate surface area is 256 Å². The van der Waals surface area contributed by atoms with Crippen molar-refractivity contribution in [3.05, 3.63) is 59.2 Å². The zero-order valence-electron chi connectivity index (χ0n) is 25.8. The number of carbonyl (C=O) groups is 1. The molecule has 2 aromatic carbocycles. The Morgan fingerprint density at radius 2 is 1.95 bits per heavy atom. The van der Waals surface area contributed by atoms with E-state index < -0.39 is 5.60 Å². The number of H-pyrrole nitrogens is 1. The van der Waals surface area contributed by atoms with Crippen LogP contribution in [0, 0.1) is 5.82 Å². The molecule has 2 aliphatic heterocycles. The number of aryl methyl sites for hydroxylation is 1. The SMILES string of the molecule is CCc1cc(O)ccc1-c1ccc2c(-c3nc(C=C4CCN(C(=O)OC(C)(C)C)CC4)c[nH]3)nn(C3CCCCO3)c2c1F. The van der Waals surface area contributed by atoms with Crippen LogP contribution in [0.4, 0.5) is 9.18 Å². The van der Waals surface area contributed by atoms with Gasteiger partial charge < -0.3 is 24.5 Å². The molecule has 0 spiro atoms. The lowest BCUT2D eigenvalue weighted by molar-refractivity contribution is -0.0368. The fraction of sp³-hybridized carbons (Fsp3) is 0.441. The van der Waals surface area contributed by atoms with Gasteiger partial charge >= 0.3 is 6.09 Å². The molecule has 4 heterocycles. The number of phenolic OH excluding ortho intramolecular Hbond substituents is 1. The van der Waals surface area contributed by atoms with Crippen LogP contribution in [-0.2, 0) is 15.9 Å². The van der Waals surface area contributed by atoms with E-state index in [1.807, 2.05) is 46.0 Å². The molecule has 1 atom stereocenters. The molecule has 0 bridgehead atoms. The minimum absolute atomic E-state index is 0.159. The van der Waals surface area contributed by atoms with Gasteiger partial charge in [0.15, 0.2) is 17.9 Å². The molecule has 2 saturated heterocycles. The molecule has 0 radical (unpaired) electrons. The third-order valence-electron chi connectivity index (χ3n) is 8.23. The molecule has 9 nitrogen and oxygen atoms in total. The summed E-state index contributed by atoms with van der Waals surface area (Å²) in [7, 11) is 0. The van der Waals surface area contributed by atoms with E-state index >= 15 is 4.39 Å². The molecular formula is C34H40FN5O4. The van der Waals surface area contributed by atoms with Crippen LogP contribution in [0.3, 0.4) is 0 Å². The largest absolute Gasteiger partial charge is 0.508 e. The van der Waals surface area contributed by atoms with Crippen molar-refractivity contribution in [3.63, 3.8) is 0 Å². The first-order valence-corrected chi connectivity index (χ1v) is 15.5. The third-order valence-corrected chi connectivity index (χ3v) is 8.23. The van der Waals surface area contributed by atoms with Crippen LogP contribution >= 0.6 is 0 Å². The normalized spacial score (nSPS) is 17.7. The number of halogens is 1. The van der Waals surface area contributed by atoms with Gasteiger partial charge in [0.2, 0.25) is 0 Å². The van der Waals surface area contributed by atoms with Crippen molar-refractivity contribution in [2.45, 2.75) is 78.0 Å². The summed E-state index contributed by atoms with van der Waals surface area (Å²) in [5.41, 5.74) is 4.44. The van der Waals surface area contributed by atoms with Crippen LogP contribution in [0.15, 0.2) is 42.1 Å². The van der Waals surface area contributed by atoms with Gasteiger partial charge in [-0.15, -0.1) is 0 Å². The second-order valence-electron chi connectivity index (χ2n) is 12.6. The number of phenols is 1. The first-order valence-electron chi connectivity index (χ1n) is 15.5. The van der Waals surface area contributed by atoms with E-state index in [1.165, 1.54) is 5.57 Å². The summed E-state index contributed by atoms with van der Waals surface area (Å²) in [6.45, 7) is 9.39. The Bertz CT molecular complexity index is 1700. The molecule has 10 heteroatoms. The highest BCUT2D eigenvalue weighted by Gasteiger charge is 2.28. The van der Waals surface area contributed by atoms with E-state index in [2.05, 4.69) is 4.98 Å². The molecule has 232 valence electrons. The number of aromatic hydroxyl groups is 1. The molecule has 1 amide bonds.